The van der Waals surface area contributed by atoms with Gasteiger partial charge in [-0.2, -0.15) is 4.98 Å². The molecule has 136 valence electrons. The monoisotopic (exact) mass is 346 g/mol. The Morgan fingerprint density at radius 3 is 2.20 bits per heavy atom. The molecule has 4 N–H and O–H groups in total. The third-order valence-corrected chi connectivity index (χ3v) is 5.16. The average Bonchev–Trinajstić information content (AvgIpc) is 2.62. The number of nitrogens with two attached hydrogens (primary N) is 2. The fourth-order valence-electron chi connectivity index (χ4n) is 3.69. The summed E-state index contributed by atoms with van der Waals surface area (Å²) in [6.07, 6.45) is 5.26. The molecule has 1 aromatic rings. The third-order valence-electron chi connectivity index (χ3n) is 5.16. The van der Waals surface area contributed by atoms with Crippen LogP contribution in [0.2, 0.25) is 0 Å². The van der Waals surface area contributed by atoms with Crippen LogP contribution in [0.25, 0.3) is 0 Å². The standard InChI is InChI=1S/C17H26N6O2/c1-11-8-20-17(23-7-3-5-13(10-23)15(19)25)21-16(11)22-6-2-4-12(9-22)14(18)24/h8,12-13H,2-7,9-10H2,1H3,(H2,18,24)(H2,19,25)/t12-,13+/m0/s1. The smallest absolute Gasteiger partial charge is 0.227 e. The van der Waals surface area contributed by atoms with E-state index in [1.807, 2.05) is 11.8 Å². The highest BCUT2D eigenvalue weighted by Crippen LogP contribution is 2.27. The molecule has 2 aliphatic heterocycles. The van der Waals surface area contributed by atoms with Crippen LogP contribution in [-0.2, 0) is 9.59 Å². The van der Waals surface area contributed by atoms with Crippen molar-refractivity contribution < 1.29 is 9.59 Å². The molecule has 1 aromatic heterocycles. The van der Waals surface area contributed by atoms with Crippen molar-refractivity contribution in [2.75, 3.05) is 36.0 Å². The molecule has 2 atom stereocenters. The van der Waals surface area contributed by atoms with Crippen LogP contribution in [0.5, 0.6) is 0 Å². The topological polar surface area (TPSA) is 118 Å². The molecule has 0 radical (unpaired) electrons. The maximum Gasteiger partial charge on any atom is 0.227 e. The molecule has 2 aliphatic rings. The summed E-state index contributed by atoms with van der Waals surface area (Å²) in [4.78, 5) is 36.4. The number of piperidine rings is 2. The van der Waals surface area contributed by atoms with Crippen LogP contribution < -0.4 is 21.3 Å². The summed E-state index contributed by atoms with van der Waals surface area (Å²) in [5, 5.41) is 0. The molecule has 0 aromatic carbocycles. The van der Waals surface area contributed by atoms with Gasteiger partial charge in [-0.05, 0) is 32.6 Å². The van der Waals surface area contributed by atoms with Crippen molar-refractivity contribution in [3.05, 3.63) is 11.8 Å². The van der Waals surface area contributed by atoms with E-state index in [0.29, 0.717) is 19.0 Å². The number of aryl methyl sites for hydroxylation is 1. The second-order valence-electron chi connectivity index (χ2n) is 7.05. The van der Waals surface area contributed by atoms with Gasteiger partial charge in [0.15, 0.2) is 0 Å². The summed E-state index contributed by atoms with van der Waals surface area (Å²) in [7, 11) is 0. The lowest BCUT2D eigenvalue weighted by Gasteiger charge is -2.35. The Labute approximate surface area is 147 Å². The van der Waals surface area contributed by atoms with E-state index in [-0.39, 0.29) is 23.7 Å². The molecule has 2 saturated heterocycles. The predicted molar refractivity (Wildman–Crippen MR) is 95.0 cm³/mol. The number of hydrogen-bond acceptors (Lipinski definition) is 6. The van der Waals surface area contributed by atoms with Crippen molar-refractivity contribution in [3.63, 3.8) is 0 Å². The van der Waals surface area contributed by atoms with E-state index in [9.17, 15) is 9.59 Å². The minimum atomic E-state index is -0.266. The minimum Gasteiger partial charge on any atom is -0.369 e. The molecule has 0 saturated carbocycles. The Balaban J connectivity index is 1.80. The normalized spacial score (nSPS) is 24.2. The number of carbonyl (C=O) groups excluding carboxylic acids is 2. The van der Waals surface area contributed by atoms with E-state index in [1.54, 1.807) is 6.20 Å². The van der Waals surface area contributed by atoms with E-state index < -0.39 is 0 Å². The number of primary amides is 2. The molecule has 3 heterocycles. The van der Waals surface area contributed by atoms with Gasteiger partial charge in [0.2, 0.25) is 17.8 Å². The largest absolute Gasteiger partial charge is 0.369 e. The van der Waals surface area contributed by atoms with Gasteiger partial charge in [-0.25, -0.2) is 4.98 Å². The molecule has 0 aliphatic carbocycles. The Kier molecular flexibility index (Phi) is 5.06. The molecular weight excluding hydrogens is 320 g/mol. The van der Waals surface area contributed by atoms with Gasteiger partial charge in [-0.15, -0.1) is 0 Å². The quantitative estimate of drug-likeness (QED) is 0.803. The van der Waals surface area contributed by atoms with Crippen LogP contribution >= 0.6 is 0 Å². The van der Waals surface area contributed by atoms with Crippen molar-refractivity contribution in [3.8, 4) is 0 Å². The molecule has 0 spiro atoms. The fraction of sp³-hybridized carbons (Fsp3) is 0.647. The summed E-state index contributed by atoms with van der Waals surface area (Å²) in [6, 6.07) is 0. The number of nitrogens with zero attached hydrogens (tertiary/aromatic N) is 4. The van der Waals surface area contributed by atoms with Gasteiger partial charge in [0.25, 0.3) is 0 Å². The SMILES string of the molecule is Cc1cnc(N2CCC[C@@H](C(N)=O)C2)nc1N1CCC[C@H](C(N)=O)C1. The lowest BCUT2D eigenvalue weighted by atomic mass is 9.97. The van der Waals surface area contributed by atoms with Crippen molar-refractivity contribution in [1.82, 2.24) is 9.97 Å². The second kappa shape index (κ2) is 7.25. The van der Waals surface area contributed by atoms with E-state index in [2.05, 4.69) is 9.88 Å². The molecule has 2 fully saturated rings. The molecule has 3 rings (SSSR count). The number of rotatable bonds is 4. The van der Waals surface area contributed by atoms with Gasteiger partial charge in [0.05, 0.1) is 11.8 Å². The Bertz CT molecular complexity index is 665. The first kappa shape index (κ1) is 17.4. The Morgan fingerprint density at radius 1 is 1.04 bits per heavy atom. The maximum absolute atomic E-state index is 11.5. The highest BCUT2D eigenvalue weighted by molar-refractivity contribution is 5.78. The zero-order valence-corrected chi connectivity index (χ0v) is 14.6. The van der Waals surface area contributed by atoms with Crippen LogP contribution in [0.15, 0.2) is 6.20 Å². The van der Waals surface area contributed by atoms with Crippen molar-refractivity contribution in [2.45, 2.75) is 32.6 Å². The van der Waals surface area contributed by atoms with E-state index in [1.165, 1.54) is 0 Å². The first-order valence-electron chi connectivity index (χ1n) is 8.88. The number of amides is 2. The highest BCUT2D eigenvalue weighted by Gasteiger charge is 2.28. The maximum atomic E-state index is 11.5. The number of anilines is 2. The molecule has 25 heavy (non-hydrogen) atoms. The zero-order chi connectivity index (χ0) is 18.0. The summed E-state index contributed by atoms with van der Waals surface area (Å²) >= 11 is 0. The van der Waals surface area contributed by atoms with Gasteiger partial charge in [-0.1, -0.05) is 0 Å². The van der Waals surface area contributed by atoms with E-state index in [4.69, 9.17) is 16.5 Å². The number of carbonyl (C=O) groups is 2. The van der Waals surface area contributed by atoms with Crippen molar-refractivity contribution >= 4 is 23.6 Å². The molecule has 8 nitrogen and oxygen atoms in total. The Morgan fingerprint density at radius 2 is 1.60 bits per heavy atom. The summed E-state index contributed by atoms with van der Waals surface area (Å²) in [6.45, 7) is 4.79. The second-order valence-corrected chi connectivity index (χ2v) is 7.05. The molecule has 0 unspecified atom stereocenters. The molecular formula is C17H26N6O2. The van der Waals surface area contributed by atoms with E-state index in [0.717, 1.165) is 50.2 Å². The van der Waals surface area contributed by atoms with Crippen LogP contribution in [0, 0.1) is 18.8 Å². The average molecular weight is 346 g/mol. The summed E-state index contributed by atoms with van der Waals surface area (Å²) < 4.78 is 0. The van der Waals surface area contributed by atoms with Crippen LogP contribution in [0.4, 0.5) is 11.8 Å². The lowest BCUT2D eigenvalue weighted by molar-refractivity contribution is -0.122. The Hall–Kier alpha value is -2.38. The van der Waals surface area contributed by atoms with Crippen LogP contribution in [-0.4, -0.2) is 48.0 Å². The van der Waals surface area contributed by atoms with E-state index >= 15 is 0 Å². The number of aromatic nitrogens is 2. The van der Waals surface area contributed by atoms with Gasteiger partial charge in [0, 0.05) is 37.9 Å². The van der Waals surface area contributed by atoms with Gasteiger partial charge in [-0.3, -0.25) is 9.59 Å². The van der Waals surface area contributed by atoms with Gasteiger partial charge >= 0.3 is 0 Å². The minimum absolute atomic E-state index is 0.138. The molecule has 2 amide bonds. The highest BCUT2D eigenvalue weighted by atomic mass is 16.1. The van der Waals surface area contributed by atoms with Gasteiger partial charge in [0.1, 0.15) is 5.82 Å². The molecule has 8 heteroatoms. The third kappa shape index (κ3) is 3.83. The summed E-state index contributed by atoms with van der Waals surface area (Å²) in [5.41, 5.74) is 11.9. The number of hydrogen-bond donors (Lipinski definition) is 2. The lowest BCUT2D eigenvalue weighted by Crippen LogP contribution is -2.43. The van der Waals surface area contributed by atoms with Gasteiger partial charge < -0.3 is 21.3 Å². The zero-order valence-electron chi connectivity index (χ0n) is 14.6. The fourth-order valence-corrected chi connectivity index (χ4v) is 3.69. The van der Waals surface area contributed by atoms with Crippen molar-refractivity contribution in [1.29, 1.82) is 0 Å². The predicted octanol–water partition coefficient (Wildman–Crippen LogP) is 0.188. The van der Waals surface area contributed by atoms with Crippen LogP contribution in [0.3, 0.4) is 0 Å². The first-order valence-corrected chi connectivity index (χ1v) is 8.88. The van der Waals surface area contributed by atoms with Crippen LogP contribution in [0.1, 0.15) is 31.2 Å². The first-order chi connectivity index (χ1) is 12.0. The van der Waals surface area contributed by atoms with Crippen molar-refractivity contribution in [2.24, 2.45) is 23.3 Å². The molecule has 0 bridgehead atoms. The summed E-state index contributed by atoms with van der Waals surface area (Å²) in [5.74, 6) is 0.649.